The van der Waals surface area contributed by atoms with Crippen molar-refractivity contribution < 1.29 is 19.8 Å². The molecule has 2 amide bonds. The van der Waals surface area contributed by atoms with Crippen molar-refractivity contribution in [2.24, 2.45) is 11.8 Å². The van der Waals surface area contributed by atoms with Gasteiger partial charge in [0.15, 0.2) is 0 Å². The van der Waals surface area contributed by atoms with Gasteiger partial charge in [0.1, 0.15) is 0 Å². The summed E-state index contributed by atoms with van der Waals surface area (Å²) in [6.45, 7) is 20.0. The Hall–Kier alpha value is -2.22. The van der Waals surface area contributed by atoms with Gasteiger partial charge in [-0.2, -0.15) is 0 Å². The molecule has 1 aromatic carbocycles. The standard InChI is InChI=1S/C32H51N3O4/c1-9-32(39)14-12-27(24(6)18-32)33-30(38)26(21(2)3)17-25(36)13-15-34-19-29(37)35(20-31(34,7)8)28-16-22(4)10-11-23(28)5/h10-11,16,21,25-27,36,39H,6,9,12-15,17-20H2,1-5,7-8H3,(H,33,38). The zero-order valence-electron chi connectivity index (χ0n) is 25.2. The largest absolute Gasteiger partial charge is 0.393 e. The number of carbonyl (C=O) groups is 2. The van der Waals surface area contributed by atoms with Crippen molar-refractivity contribution in [3.8, 4) is 0 Å². The highest BCUT2D eigenvalue weighted by Gasteiger charge is 2.39. The van der Waals surface area contributed by atoms with Crippen LogP contribution in [-0.2, 0) is 9.59 Å². The van der Waals surface area contributed by atoms with Crippen LogP contribution >= 0.6 is 0 Å². The predicted molar refractivity (Wildman–Crippen MR) is 158 cm³/mol. The highest BCUT2D eigenvalue weighted by molar-refractivity contribution is 5.96. The Balaban J connectivity index is 1.56. The molecule has 4 unspecified atom stereocenters. The minimum absolute atomic E-state index is 0.0604. The predicted octanol–water partition coefficient (Wildman–Crippen LogP) is 4.51. The molecule has 1 aliphatic carbocycles. The number of nitrogens with one attached hydrogen (secondary N) is 1. The first-order valence-electron chi connectivity index (χ1n) is 14.7. The quantitative estimate of drug-likeness (QED) is 0.379. The third-order valence-corrected chi connectivity index (χ3v) is 9.01. The Morgan fingerprint density at radius 2 is 1.95 bits per heavy atom. The summed E-state index contributed by atoms with van der Waals surface area (Å²) >= 11 is 0. The van der Waals surface area contributed by atoms with Crippen molar-refractivity contribution in [3.63, 3.8) is 0 Å². The Kier molecular flexibility index (Phi) is 10.1. The Morgan fingerprint density at radius 1 is 1.26 bits per heavy atom. The molecule has 1 aromatic rings. The van der Waals surface area contributed by atoms with Crippen LogP contribution in [0.2, 0.25) is 0 Å². The summed E-state index contributed by atoms with van der Waals surface area (Å²) in [4.78, 5) is 30.5. The van der Waals surface area contributed by atoms with E-state index >= 15 is 0 Å². The number of aryl methyl sites for hydroxylation is 2. The summed E-state index contributed by atoms with van der Waals surface area (Å²) in [5.74, 6) is -0.242. The molecule has 0 aromatic heterocycles. The van der Waals surface area contributed by atoms with E-state index in [4.69, 9.17) is 0 Å². The minimum Gasteiger partial charge on any atom is -0.393 e. The number of anilines is 1. The number of aliphatic hydroxyl groups is 2. The van der Waals surface area contributed by atoms with Gasteiger partial charge in [-0.1, -0.05) is 45.1 Å². The lowest BCUT2D eigenvalue weighted by Gasteiger charge is -2.47. The van der Waals surface area contributed by atoms with Gasteiger partial charge in [-0.25, -0.2) is 0 Å². The van der Waals surface area contributed by atoms with Crippen LogP contribution in [0.4, 0.5) is 5.69 Å². The number of rotatable bonds is 10. The van der Waals surface area contributed by atoms with Crippen LogP contribution in [0.3, 0.4) is 0 Å². The molecule has 218 valence electrons. The first-order chi connectivity index (χ1) is 18.2. The van der Waals surface area contributed by atoms with Crippen molar-refractivity contribution in [2.75, 3.05) is 24.5 Å². The van der Waals surface area contributed by atoms with E-state index in [1.165, 1.54) is 0 Å². The van der Waals surface area contributed by atoms with E-state index < -0.39 is 11.7 Å². The number of hydrogen-bond donors (Lipinski definition) is 3. The Bertz CT molecular complexity index is 1050. The van der Waals surface area contributed by atoms with Crippen LogP contribution in [0.25, 0.3) is 0 Å². The van der Waals surface area contributed by atoms with Gasteiger partial charge in [-0.05, 0) is 89.3 Å². The van der Waals surface area contributed by atoms with E-state index in [1.807, 2.05) is 39.5 Å². The fourth-order valence-electron chi connectivity index (χ4n) is 6.05. The highest BCUT2D eigenvalue weighted by Crippen LogP contribution is 2.34. The number of hydrogen-bond acceptors (Lipinski definition) is 5. The van der Waals surface area contributed by atoms with Crippen molar-refractivity contribution >= 4 is 17.5 Å². The number of piperazine rings is 1. The van der Waals surface area contributed by atoms with Gasteiger partial charge in [0.2, 0.25) is 11.8 Å². The summed E-state index contributed by atoms with van der Waals surface area (Å²) in [7, 11) is 0. The van der Waals surface area contributed by atoms with Crippen molar-refractivity contribution in [1.29, 1.82) is 0 Å². The van der Waals surface area contributed by atoms with Gasteiger partial charge in [0.25, 0.3) is 0 Å². The maximum absolute atomic E-state index is 13.3. The molecule has 39 heavy (non-hydrogen) atoms. The second-order valence-electron chi connectivity index (χ2n) is 13.0. The zero-order chi connectivity index (χ0) is 29.1. The molecule has 1 saturated carbocycles. The van der Waals surface area contributed by atoms with E-state index in [9.17, 15) is 19.8 Å². The molecule has 0 bridgehead atoms. The lowest BCUT2D eigenvalue weighted by atomic mass is 9.77. The average Bonchev–Trinajstić information content (AvgIpc) is 2.85. The molecule has 1 saturated heterocycles. The topological polar surface area (TPSA) is 93.1 Å². The fraction of sp³-hybridized carbons (Fsp3) is 0.688. The van der Waals surface area contributed by atoms with Crippen molar-refractivity contribution in [2.45, 2.75) is 110 Å². The molecule has 1 aliphatic heterocycles. The average molecular weight is 542 g/mol. The lowest BCUT2D eigenvalue weighted by Crippen LogP contribution is -2.62. The molecule has 7 nitrogen and oxygen atoms in total. The van der Waals surface area contributed by atoms with Crippen molar-refractivity contribution in [3.05, 3.63) is 41.5 Å². The van der Waals surface area contributed by atoms with Crippen LogP contribution < -0.4 is 10.2 Å². The number of carbonyl (C=O) groups excluding carboxylic acids is 2. The minimum atomic E-state index is -0.717. The Labute approximate surface area is 235 Å². The molecule has 1 heterocycles. The number of amides is 2. The molecule has 7 heteroatoms. The first kappa shape index (κ1) is 31.3. The maximum atomic E-state index is 13.3. The number of nitrogens with zero attached hydrogens (tertiary/aromatic N) is 2. The molecule has 4 atom stereocenters. The van der Waals surface area contributed by atoms with Gasteiger partial charge >= 0.3 is 0 Å². The summed E-state index contributed by atoms with van der Waals surface area (Å²) in [6.07, 6.45) is 2.73. The van der Waals surface area contributed by atoms with Gasteiger partial charge in [0, 0.05) is 36.3 Å². The normalized spacial score (nSPS) is 25.6. The van der Waals surface area contributed by atoms with Crippen LogP contribution in [0.5, 0.6) is 0 Å². The monoisotopic (exact) mass is 541 g/mol. The van der Waals surface area contributed by atoms with Crippen LogP contribution in [-0.4, -0.2) is 69.8 Å². The summed E-state index contributed by atoms with van der Waals surface area (Å²) in [5, 5.41) is 24.7. The second kappa shape index (κ2) is 12.5. The zero-order valence-corrected chi connectivity index (χ0v) is 25.2. The van der Waals surface area contributed by atoms with Gasteiger partial charge in [0.05, 0.1) is 18.2 Å². The summed E-state index contributed by atoms with van der Waals surface area (Å²) < 4.78 is 0. The smallest absolute Gasteiger partial charge is 0.241 e. The van der Waals surface area contributed by atoms with Crippen molar-refractivity contribution in [1.82, 2.24) is 10.2 Å². The third-order valence-electron chi connectivity index (χ3n) is 9.01. The molecule has 2 aliphatic rings. The van der Waals surface area contributed by atoms with Crippen LogP contribution in [0.1, 0.15) is 84.3 Å². The summed E-state index contributed by atoms with van der Waals surface area (Å²) in [6, 6.07) is 6.06. The number of aliphatic hydroxyl groups excluding tert-OH is 1. The lowest BCUT2D eigenvalue weighted by molar-refractivity contribution is -0.128. The third kappa shape index (κ3) is 7.71. The number of benzene rings is 1. The molecule has 0 spiro atoms. The van der Waals surface area contributed by atoms with Gasteiger partial charge in [-0.3, -0.25) is 14.5 Å². The van der Waals surface area contributed by atoms with E-state index in [0.717, 1.165) is 22.4 Å². The maximum Gasteiger partial charge on any atom is 0.241 e. The fourth-order valence-corrected chi connectivity index (χ4v) is 6.05. The van der Waals surface area contributed by atoms with Gasteiger partial charge < -0.3 is 20.4 Å². The first-order valence-corrected chi connectivity index (χ1v) is 14.7. The molecular formula is C32H51N3O4. The molecular weight excluding hydrogens is 490 g/mol. The Morgan fingerprint density at radius 3 is 2.56 bits per heavy atom. The van der Waals surface area contributed by atoms with E-state index in [2.05, 4.69) is 48.8 Å². The summed E-state index contributed by atoms with van der Waals surface area (Å²) in [5.41, 5.74) is 3.09. The highest BCUT2D eigenvalue weighted by atomic mass is 16.3. The second-order valence-corrected chi connectivity index (χ2v) is 13.0. The van der Waals surface area contributed by atoms with E-state index in [-0.39, 0.29) is 35.2 Å². The molecule has 2 fully saturated rings. The van der Waals surface area contributed by atoms with Crippen LogP contribution in [0.15, 0.2) is 30.4 Å². The molecule has 3 N–H and O–H groups in total. The van der Waals surface area contributed by atoms with Crippen LogP contribution in [0, 0.1) is 25.7 Å². The van der Waals surface area contributed by atoms with E-state index in [1.54, 1.807) is 0 Å². The molecule has 3 rings (SSSR count). The SMILES string of the molecule is C=C1CC(O)(CC)CCC1NC(=O)C(CC(O)CCN1CC(=O)N(c2cc(C)ccc2C)CC1(C)C)C(C)C. The van der Waals surface area contributed by atoms with Gasteiger partial charge in [-0.15, -0.1) is 0 Å². The molecule has 0 radical (unpaired) electrons. The van der Waals surface area contributed by atoms with E-state index in [0.29, 0.717) is 58.2 Å².